The fourth-order valence-electron chi connectivity index (χ4n) is 10.4. The normalized spacial score (nSPS) is 12.7. The summed E-state index contributed by atoms with van der Waals surface area (Å²) < 4.78 is 0. The van der Waals surface area contributed by atoms with Gasteiger partial charge in [0.1, 0.15) is 0 Å². The van der Waals surface area contributed by atoms with Crippen molar-refractivity contribution in [1.29, 1.82) is 0 Å². The number of allylic oxidation sites excluding steroid dienone is 5. The van der Waals surface area contributed by atoms with Crippen molar-refractivity contribution in [2.45, 2.75) is 47.0 Å². The maximum atomic E-state index is 3.36. The van der Waals surface area contributed by atoms with E-state index in [1.54, 1.807) is 6.08 Å². The minimum absolute atomic E-state index is 0.361. The molecule has 1 aliphatic rings. The van der Waals surface area contributed by atoms with Crippen molar-refractivity contribution in [2.24, 2.45) is 0 Å². The molecule has 0 fully saturated rings. The quantitative estimate of drug-likeness (QED) is 0.110. The van der Waals surface area contributed by atoms with E-state index in [9.17, 15) is 0 Å². The molecule has 11 aromatic rings. The second kappa shape index (κ2) is 22.4. The molecule has 0 nitrogen and oxygen atoms in total. The molecule has 71 heavy (non-hydrogen) atoms. The molecule has 0 spiro atoms. The van der Waals surface area contributed by atoms with Crippen LogP contribution >= 0.6 is 0 Å². The topological polar surface area (TPSA) is 0 Å². The lowest BCUT2D eigenvalue weighted by atomic mass is 9.81. The van der Waals surface area contributed by atoms with Crippen LogP contribution < -0.4 is 0 Å². The third kappa shape index (κ3) is 9.55. The summed E-state index contributed by atoms with van der Waals surface area (Å²) in [7, 11) is 0. The van der Waals surface area contributed by atoms with Crippen LogP contribution in [0.3, 0.4) is 0 Å². The van der Waals surface area contributed by atoms with Gasteiger partial charge in [-0.15, -0.1) is 6.58 Å². The molecule has 0 amide bonds. The average Bonchev–Trinajstić information content (AvgIpc) is 3.46. The zero-order chi connectivity index (χ0) is 49.1. The Morgan fingerprint density at radius 1 is 0.338 bits per heavy atom. The molecule has 346 valence electrons. The van der Waals surface area contributed by atoms with Crippen LogP contribution in [0.15, 0.2) is 261 Å². The molecular weight excluding hydrogens is 853 g/mol. The molecule has 11 aromatic carbocycles. The zero-order valence-electron chi connectivity index (χ0n) is 41.7. The lowest BCUT2D eigenvalue weighted by Gasteiger charge is -2.22. The van der Waals surface area contributed by atoms with Crippen molar-refractivity contribution in [1.82, 2.24) is 0 Å². The molecular formula is C71H62. The molecule has 1 unspecified atom stereocenters. The molecule has 0 heteroatoms. The Balaban J connectivity index is 0.000000851. The standard InChI is InChI=1S/C64H44.C3H6.2C2H6/c1-5-17-43(18-6-1)45-29-33-49(34-30-45)63-55-27-15-13-25-53(55)61(47-21-9-3-10-22-47)57-39-37-51(41-59(57)63)52-38-40-58-60(42-52)64(50-35-31-46(32-36-50)44-19-7-2-8-20-44)56-28-16-14-26-54(56)62(58)48-23-11-4-12-24-48;1-3-2;2*1-2/h1-31,33-42,46H,32H2;3H,1H2,2H3;2*1-2H3. The van der Waals surface area contributed by atoms with E-state index in [1.165, 1.54) is 115 Å². The summed E-state index contributed by atoms with van der Waals surface area (Å²) in [6.07, 6.45) is 9.96. The molecule has 1 atom stereocenters. The van der Waals surface area contributed by atoms with E-state index in [0.717, 1.165) is 6.42 Å². The molecule has 12 rings (SSSR count). The van der Waals surface area contributed by atoms with E-state index in [2.05, 4.69) is 255 Å². The maximum absolute atomic E-state index is 3.36. The molecule has 1 aliphatic carbocycles. The van der Waals surface area contributed by atoms with Gasteiger partial charge >= 0.3 is 0 Å². The Morgan fingerprint density at radius 2 is 0.648 bits per heavy atom. The van der Waals surface area contributed by atoms with Crippen molar-refractivity contribution in [2.75, 3.05) is 0 Å². The van der Waals surface area contributed by atoms with Crippen molar-refractivity contribution >= 4 is 48.7 Å². The van der Waals surface area contributed by atoms with Gasteiger partial charge in [0.2, 0.25) is 0 Å². The van der Waals surface area contributed by atoms with Gasteiger partial charge in [0.25, 0.3) is 0 Å². The number of hydrogen-bond donors (Lipinski definition) is 0. The summed E-state index contributed by atoms with van der Waals surface area (Å²) in [6, 6.07) is 84.9. The third-order valence-electron chi connectivity index (χ3n) is 13.4. The zero-order valence-corrected chi connectivity index (χ0v) is 41.7. The highest BCUT2D eigenvalue weighted by molar-refractivity contribution is 6.23. The molecule has 0 saturated heterocycles. The largest absolute Gasteiger partial charge is 0.103 e. The van der Waals surface area contributed by atoms with Gasteiger partial charge in [-0.05, 0) is 141 Å². The van der Waals surface area contributed by atoms with Gasteiger partial charge in [-0.2, -0.15) is 0 Å². The molecule has 0 heterocycles. The minimum Gasteiger partial charge on any atom is -0.103 e. The van der Waals surface area contributed by atoms with Gasteiger partial charge in [0.15, 0.2) is 0 Å². The van der Waals surface area contributed by atoms with E-state index >= 15 is 0 Å². The summed E-state index contributed by atoms with van der Waals surface area (Å²) in [5.41, 5.74) is 16.2. The van der Waals surface area contributed by atoms with Crippen LogP contribution in [0.4, 0.5) is 0 Å². The number of benzene rings is 11. The monoisotopic (exact) mass is 914 g/mol. The van der Waals surface area contributed by atoms with E-state index < -0.39 is 0 Å². The van der Waals surface area contributed by atoms with Gasteiger partial charge in [0, 0.05) is 5.92 Å². The van der Waals surface area contributed by atoms with Crippen LogP contribution in [-0.2, 0) is 0 Å². The van der Waals surface area contributed by atoms with Crippen molar-refractivity contribution in [3.05, 3.63) is 273 Å². The Morgan fingerprint density at radius 3 is 1.08 bits per heavy atom. The number of rotatable bonds is 7. The lowest BCUT2D eigenvalue weighted by Crippen LogP contribution is -2.00. The van der Waals surface area contributed by atoms with Gasteiger partial charge in [0.05, 0.1) is 0 Å². The van der Waals surface area contributed by atoms with Crippen LogP contribution in [0.25, 0.3) is 104 Å². The molecule has 0 saturated carbocycles. The van der Waals surface area contributed by atoms with E-state index in [0.29, 0.717) is 5.92 Å². The van der Waals surface area contributed by atoms with Crippen molar-refractivity contribution in [3.8, 4) is 55.6 Å². The first-order valence-corrected chi connectivity index (χ1v) is 25.4. The second-order valence-corrected chi connectivity index (χ2v) is 17.5. The van der Waals surface area contributed by atoms with Crippen molar-refractivity contribution in [3.63, 3.8) is 0 Å². The highest BCUT2D eigenvalue weighted by Gasteiger charge is 2.22. The summed E-state index contributed by atoms with van der Waals surface area (Å²) in [5, 5.41) is 10.1. The lowest BCUT2D eigenvalue weighted by molar-refractivity contribution is 0.857. The minimum atomic E-state index is 0.361. The Labute approximate surface area is 421 Å². The van der Waals surface area contributed by atoms with E-state index in [1.807, 2.05) is 34.6 Å². The first kappa shape index (κ1) is 47.7. The van der Waals surface area contributed by atoms with Crippen molar-refractivity contribution < 1.29 is 0 Å². The smallest absolute Gasteiger partial charge is 0.00561 e. The third-order valence-corrected chi connectivity index (χ3v) is 13.4. The van der Waals surface area contributed by atoms with Crippen LogP contribution in [0.2, 0.25) is 0 Å². The maximum Gasteiger partial charge on any atom is 0.00561 e. The summed E-state index contributed by atoms with van der Waals surface area (Å²) >= 11 is 0. The van der Waals surface area contributed by atoms with Gasteiger partial charge in [-0.3, -0.25) is 0 Å². The average molecular weight is 915 g/mol. The van der Waals surface area contributed by atoms with Gasteiger partial charge in [-0.1, -0.05) is 270 Å². The fraction of sp³-hybridized carbons (Fsp3) is 0.0986. The van der Waals surface area contributed by atoms with E-state index in [-0.39, 0.29) is 0 Å². The summed E-state index contributed by atoms with van der Waals surface area (Å²) in [5.74, 6) is 0.361. The molecule has 0 N–H and O–H groups in total. The predicted molar refractivity (Wildman–Crippen MR) is 313 cm³/mol. The summed E-state index contributed by atoms with van der Waals surface area (Å²) in [4.78, 5) is 0. The van der Waals surface area contributed by atoms with Gasteiger partial charge in [-0.25, -0.2) is 0 Å². The first-order valence-electron chi connectivity index (χ1n) is 25.4. The molecule has 0 radical (unpaired) electrons. The Bertz CT molecular complexity index is 3630. The Kier molecular flexibility index (Phi) is 15.1. The number of fused-ring (bicyclic) bond motifs is 4. The molecule has 0 aromatic heterocycles. The predicted octanol–water partition coefficient (Wildman–Crippen LogP) is 21.0. The summed E-state index contributed by atoms with van der Waals surface area (Å²) in [6.45, 7) is 13.2. The van der Waals surface area contributed by atoms with Crippen LogP contribution in [0.5, 0.6) is 0 Å². The molecule has 0 aliphatic heterocycles. The van der Waals surface area contributed by atoms with E-state index in [4.69, 9.17) is 0 Å². The SMILES string of the molecule is C1=CC(c2ccccc2)CC=C1c1c2ccccc2c(-c2ccccc2)c2ccc(-c3ccc4c(-c5ccccc5)c5ccccc5c(-c5ccc(-c6ccccc6)cc5)c4c3)cc12.C=CC.CC.CC. The Hall–Kier alpha value is -8.32. The fourth-order valence-corrected chi connectivity index (χ4v) is 10.4. The molecule has 0 bridgehead atoms. The van der Waals surface area contributed by atoms with Gasteiger partial charge < -0.3 is 0 Å². The van der Waals surface area contributed by atoms with Crippen LogP contribution in [0, 0.1) is 0 Å². The van der Waals surface area contributed by atoms with Crippen LogP contribution in [-0.4, -0.2) is 0 Å². The first-order chi connectivity index (χ1) is 35.2. The van der Waals surface area contributed by atoms with Crippen LogP contribution in [0.1, 0.15) is 58.1 Å². The highest BCUT2D eigenvalue weighted by atomic mass is 14.3. The highest BCUT2D eigenvalue weighted by Crippen LogP contribution is 2.48. The number of hydrogen-bond acceptors (Lipinski definition) is 0. The second-order valence-electron chi connectivity index (χ2n) is 17.5.